The van der Waals surface area contributed by atoms with Gasteiger partial charge in [-0.1, -0.05) is 78.9 Å². The standard InChI is InChI=1S/C41H40N6S3/c1-41-45-14-11-38(42-45)35-8-2-5-29(20-35)23-48-26-32-17-33(27-49-24-30-6-3-9-36(21-30)39-12-15-46(41)43-39)19-34(18-32)28-50-25-31-7-4-10-37(22-31)40-13-16-47(41)44-40/h2-12,14-15,17-22,40,44H,13,16,23-28H2,1H3/t40-/m1/s1. The molecule has 0 radical (unpaired) electrons. The first-order chi connectivity index (χ1) is 24.6. The first kappa shape index (κ1) is 32.2. The number of nitrogens with zero attached hydrogens (tertiary/aromatic N) is 5. The van der Waals surface area contributed by atoms with Crippen LogP contribution in [0.5, 0.6) is 0 Å². The van der Waals surface area contributed by atoms with Gasteiger partial charge in [0.15, 0.2) is 0 Å². The van der Waals surface area contributed by atoms with Crippen molar-refractivity contribution in [2.45, 2.75) is 59.7 Å². The number of hydrogen-bond acceptors (Lipinski definition) is 7. The van der Waals surface area contributed by atoms with E-state index in [4.69, 9.17) is 10.2 Å². The second-order valence-electron chi connectivity index (χ2n) is 13.7. The van der Waals surface area contributed by atoms with Crippen molar-refractivity contribution in [1.82, 2.24) is 30.0 Å². The number of hydrogen-bond donors (Lipinski definition) is 1. The second kappa shape index (κ2) is 13.8. The van der Waals surface area contributed by atoms with Crippen LogP contribution in [0.15, 0.2) is 116 Å². The first-order valence-electron chi connectivity index (χ1n) is 17.4. The molecule has 6 nitrogen and oxygen atoms in total. The summed E-state index contributed by atoms with van der Waals surface area (Å²) in [7, 11) is 0. The summed E-state index contributed by atoms with van der Waals surface area (Å²) in [6.07, 6.45) is 5.21. The Bertz CT molecular complexity index is 2040. The molecule has 9 heteroatoms. The maximum atomic E-state index is 5.27. The Hall–Kier alpha value is -3.73. The monoisotopic (exact) mass is 712 g/mol. The maximum Gasteiger partial charge on any atom is 0.219 e. The summed E-state index contributed by atoms with van der Waals surface area (Å²) in [5.41, 5.74) is 17.7. The van der Waals surface area contributed by atoms with Gasteiger partial charge in [-0.05, 0) is 76.6 Å². The average molecular weight is 713 g/mol. The van der Waals surface area contributed by atoms with Gasteiger partial charge in [0.25, 0.3) is 0 Å². The SMILES string of the molecule is CC12N3CC[C@@H](N3)c3cccc(c3)CSCc3cc(cc(c3)CSCc3cccc(c3)-c3ccn1n3)CSCc1cccc(c1)-c1ccn2n1. The third-order valence-electron chi connectivity index (χ3n) is 10.0. The minimum Gasteiger partial charge on any atom is -0.244 e. The topological polar surface area (TPSA) is 50.9 Å². The summed E-state index contributed by atoms with van der Waals surface area (Å²) in [6, 6.07) is 38.8. The van der Waals surface area contributed by atoms with Crippen LogP contribution in [0.1, 0.15) is 58.3 Å². The predicted molar refractivity (Wildman–Crippen MR) is 209 cm³/mol. The summed E-state index contributed by atoms with van der Waals surface area (Å²) < 4.78 is 4.16. The van der Waals surface area contributed by atoms with Crippen molar-refractivity contribution in [3.63, 3.8) is 0 Å². The normalized spacial score (nSPS) is 22.0. The maximum absolute atomic E-state index is 5.27. The molecule has 4 aromatic carbocycles. The summed E-state index contributed by atoms with van der Waals surface area (Å²) in [4.78, 5) is 0. The molecule has 2 aromatic heterocycles. The molecule has 16 bridgehead atoms. The highest BCUT2D eigenvalue weighted by Gasteiger charge is 2.42. The van der Waals surface area contributed by atoms with Crippen molar-refractivity contribution in [2.24, 2.45) is 0 Å². The molecule has 1 fully saturated rings. The Morgan fingerprint density at radius 2 is 1.06 bits per heavy atom. The van der Waals surface area contributed by atoms with E-state index in [9.17, 15) is 0 Å². The number of benzene rings is 4. The van der Waals surface area contributed by atoms with Crippen LogP contribution in [0, 0.1) is 0 Å². The highest BCUT2D eigenvalue weighted by atomic mass is 32.2. The van der Waals surface area contributed by atoms with E-state index < -0.39 is 5.79 Å². The van der Waals surface area contributed by atoms with Crippen molar-refractivity contribution in [3.05, 3.63) is 154 Å². The zero-order chi connectivity index (χ0) is 33.5. The molecule has 1 unspecified atom stereocenters. The van der Waals surface area contributed by atoms with Crippen molar-refractivity contribution in [2.75, 3.05) is 6.54 Å². The van der Waals surface area contributed by atoms with Gasteiger partial charge < -0.3 is 0 Å². The summed E-state index contributed by atoms with van der Waals surface area (Å²) in [5.74, 6) is 5.16. The Kier molecular flexibility index (Phi) is 8.87. The minimum atomic E-state index is -0.737. The lowest BCUT2D eigenvalue weighted by atomic mass is 10.0. The zero-order valence-corrected chi connectivity index (χ0v) is 30.6. The van der Waals surface area contributed by atoms with E-state index >= 15 is 0 Å². The van der Waals surface area contributed by atoms with Gasteiger partial charge in [-0.3, -0.25) is 0 Å². The van der Waals surface area contributed by atoms with E-state index in [0.29, 0.717) is 0 Å². The second-order valence-corrected chi connectivity index (χ2v) is 16.6. The van der Waals surface area contributed by atoms with Crippen LogP contribution < -0.4 is 5.43 Å². The van der Waals surface area contributed by atoms with Crippen LogP contribution in [-0.4, -0.2) is 31.1 Å². The molecule has 0 amide bonds. The van der Waals surface area contributed by atoms with Crippen molar-refractivity contribution >= 4 is 35.3 Å². The number of fused-ring (bicyclic) bond motifs is 6. The van der Waals surface area contributed by atoms with Gasteiger partial charge >= 0.3 is 0 Å². The lowest BCUT2D eigenvalue weighted by molar-refractivity contribution is -0.0370. The smallest absolute Gasteiger partial charge is 0.219 e. The fourth-order valence-corrected chi connectivity index (χ4v) is 10.2. The molecular formula is C41H40N6S3. The fraction of sp³-hybridized carbons (Fsp3) is 0.268. The number of hydrazine groups is 1. The molecule has 0 spiro atoms. The highest BCUT2D eigenvalue weighted by Crippen LogP contribution is 2.35. The van der Waals surface area contributed by atoms with E-state index in [0.717, 1.165) is 70.0 Å². The Morgan fingerprint density at radius 3 is 1.60 bits per heavy atom. The lowest BCUT2D eigenvalue weighted by Gasteiger charge is -2.39. The number of thioether (sulfide) groups is 3. The fourth-order valence-electron chi connectivity index (χ4n) is 7.42. The molecular weight excluding hydrogens is 673 g/mol. The summed E-state index contributed by atoms with van der Waals surface area (Å²) in [5, 5.41) is 12.9. The average Bonchev–Trinajstić information content (AvgIpc) is 3.94. The van der Waals surface area contributed by atoms with Crippen molar-refractivity contribution in [3.8, 4) is 22.5 Å². The van der Waals surface area contributed by atoms with E-state index in [1.165, 1.54) is 38.9 Å². The van der Waals surface area contributed by atoms with E-state index in [2.05, 4.69) is 142 Å². The molecule has 1 N–H and O–H groups in total. The number of aromatic nitrogens is 4. The van der Waals surface area contributed by atoms with Gasteiger partial charge in [-0.25, -0.2) is 14.8 Å². The molecule has 0 saturated carbocycles. The molecule has 4 aliphatic rings. The van der Waals surface area contributed by atoms with Crippen LogP contribution in [0.4, 0.5) is 0 Å². The van der Waals surface area contributed by atoms with Gasteiger partial charge in [0.05, 0.1) is 11.4 Å². The molecule has 0 aliphatic carbocycles. The quantitative estimate of drug-likeness (QED) is 0.168. The van der Waals surface area contributed by atoms with Crippen LogP contribution in [0.2, 0.25) is 0 Å². The molecule has 1 saturated heterocycles. The van der Waals surface area contributed by atoms with Gasteiger partial charge in [0.2, 0.25) is 5.79 Å². The predicted octanol–water partition coefficient (Wildman–Crippen LogP) is 9.47. The Morgan fingerprint density at radius 1 is 0.580 bits per heavy atom. The third kappa shape index (κ3) is 6.46. The van der Waals surface area contributed by atoms with Crippen LogP contribution in [0.25, 0.3) is 22.5 Å². The van der Waals surface area contributed by atoms with Crippen molar-refractivity contribution < 1.29 is 0 Å². The molecule has 4 aliphatic heterocycles. The first-order valence-corrected chi connectivity index (χ1v) is 20.8. The van der Waals surface area contributed by atoms with Crippen LogP contribution in [0.3, 0.4) is 0 Å². The summed E-state index contributed by atoms with van der Waals surface area (Å²) in [6.45, 7) is 3.07. The van der Waals surface area contributed by atoms with Crippen molar-refractivity contribution in [1.29, 1.82) is 0 Å². The molecule has 10 rings (SSSR count). The van der Waals surface area contributed by atoms with Crippen LogP contribution >= 0.6 is 35.3 Å². The highest BCUT2D eigenvalue weighted by molar-refractivity contribution is 7.98. The van der Waals surface area contributed by atoms with Gasteiger partial charge in [-0.2, -0.15) is 50.5 Å². The van der Waals surface area contributed by atoms with Gasteiger partial charge in [0, 0.05) is 70.6 Å². The summed E-state index contributed by atoms with van der Waals surface area (Å²) >= 11 is 5.99. The van der Waals surface area contributed by atoms with Gasteiger partial charge in [0.1, 0.15) is 0 Å². The third-order valence-corrected chi connectivity index (χ3v) is 13.3. The molecule has 2 atom stereocenters. The lowest BCUT2D eigenvalue weighted by Crippen LogP contribution is -2.57. The molecule has 6 heterocycles. The molecule has 50 heavy (non-hydrogen) atoms. The number of rotatable bonds is 0. The van der Waals surface area contributed by atoms with E-state index in [-0.39, 0.29) is 6.04 Å². The Labute approximate surface area is 307 Å². The van der Waals surface area contributed by atoms with E-state index in [1.54, 1.807) is 0 Å². The van der Waals surface area contributed by atoms with Gasteiger partial charge in [-0.15, -0.1) is 0 Å². The number of nitrogens with one attached hydrogen (secondary N) is 1. The Balaban J connectivity index is 1.20. The van der Waals surface area contributed by atoms with E-state index in [1.807, 2.05) is 35.3 Å². The van der Waals surface area contributed by atoms with Crippen LogP contribution in [-0.2, 0) is 40.3 Å². The minimum absolute atomic E-state index is 0.197. The zero-order valence-electron chi connectivity index (χ0n) is 28.2. The molecule has 6 aromatic rings. The molecule has 252 valence electrons. The largest absolute Gasteiger partial charge is 0.244 e.